The fourth-order valence-electron chi connectivity index (χ4n) is 6.61. The van der Waals surface area contributed by atoms with E-state index >= 15 is 8.78 Å². The van der Waals surface area contributed by atoms with Gasteiger partial charge >= 0.3 is 5.97 Å². The number of rotatable bonds is 12. The molecule has 4 aromatic rings. The summed E-state index contributed by atoms with van der Waals surface area (Å²) in [5.41, 5.74) is -0.518. The van der Waals surface area contributed by atoms with Gasteiger partial charge in [0.15, 0.2) is 17.3 Å². The predicted molar refractivity (Wildman–Crippen MR) is 189 cm³/mol. The molecule has 0 N–H and O–H groups in total. The van der Waals surface area contributed by atoms with Crippen LogP contribution in [0.25, 0.3) is 0 Å². The van der Waals surface area contributed by atoms with E-state index < -0.39 is 46.4 Å². The highest BCUT2D eigenvalue weighted by molar-refractivity contribution is 5.79. The first kappa shape index (κ1) is 36.0. The van der Waals surface area contributed by atoms with Gasteiger partial charge in [0.2, 0.25) is 11.6 Å². The van der Waals surface area contributed by atoms with Gasteiger partial charge in [-0.2, -0.15) is 9.65 Å². The lowest BCUT2D eigenvalue weighted by atomic mass is 9.64. The van der Waals surface area contributed by atoms with Gasteiger partial charge < -0.3 is 23.7 Å². The van der Waals surface area contributed by atoms with E-state index in [1.165, 1.54) is 31.4 Å². The van der Waals surface area contributed by atoms with E-state index in [4.69, 9.17) is 23.7 Å². The number of carbonyl (C=O) groups excluding carboxylic acids is 1. The van der Waals surface area contributed by atoms with Crippen LogP contribution in [0.15, 0.2) is 90.6 Å². The average molecular weight is 709 g/mol. The average Bonchev–Trinajstić information content (AvgIpc) is 3.60. The molecule has 10 nitrogen and oxygen atoms in total. The van der Waals surface area contributed by atoms with Crippen LogP contribution in [0.5, 0.6) is 34.6 Å². The number of aliphatic imine (C=N–C) groups is 1. The molecule has 0 spiro atoms. The molecule has 2 heterocycles. The number of hydrogen-bond donors (Lipinski definition) is 0. The standard InChI is InChI=1S/C40H38F2N4O6/c1-5-40(18-10-9-17-39(40,2)38(47)48-4)52-28-14-16-31(29(22-28)36-44-19-20-46(36)3)50-35-30(41)24-45-37(34(35)42)51-33-21-27(23-43)13-15-32(33)49-25-26-11-7-6-8-12-26/h5-8,11-16,19,21-22,24,36H,1,9-10,17-18,20,25H2,2-4H3. The van der Waals surface area contributed by atoms with Crippen LogP contribution in [0, 0.1) is 28.4 Å². The molecule has 1 aliphatic heterocycles. The molecule has 1 fully saturated rings. The number of methoxy groups -OCH3 is 1. The molecular formula is C40H38F2N4O6. The summed E-state index contributed by atoms with van der Waals surface area (Å²) in [6, 6.07) is 20.7. The van der Waals surface area contributed by atoms with Crippen LogP contribution >= 0.6 is 0 Å². The summed E-state index contributed by atoms with van der Waals surface area (Å²) in [7, 11) is 3.20. The van der Waals surface area contributed by atoms with Gasteiger partial charge in [-0.05, 0) is 75.2 Å². The van der Waals surface area contributed by atoms with Crippen LogP contribution in [-0.2, 0) is 16.1 Å². The first-order valence-corrected chi connectivity index (χ1v) is 16.8. The quantitative estimate of drug-likeness (QED) is 0.106. The van der Waals surface area contributed by atoms with Crippen molar-refractivity contribution in [2.45, 2.75) is 51.0 Å². The molecule has 1 aromatic heterocycles. The summed E-state index contributed by atoms with van der Waals surface area (Å²) in [4.78, 5) is 23.4. The predicted octanol–water partition coefficient (Wildman–Crippen LogP) is 8.47. The van der Waals surface area contributed by atoms with Crippen LogP contribution in [0.3, 0.4) is 0 Å². The number of pyridine rings is 1. The number of esters is 1. The highest BCUT2D eigenvalue weighted by atomic mass is 19.1. The number of aromatic nitrogens is 1. The molecule has 1 saturated carbocycles. The maximum Gasteiger partial charge on any atom is 0.315 e. The van der Waals surface area contributed by atoms with Crippen LogP contribution in [0.2, 0.25) is 0 Å². The Bertz CT molecular complexity index is 2040. The Labute approximate surface area is 300 Å². The van der Waals surface area contributed by atoms with Gasteiger partial charge in [0.05, 0.1) is 24.9 Å². The Kier molecular flexibility index (Phi) is 10.5. The largest absolute Gasteiger partial charge is 0.485 e. The van der Waals surface area contributed by atoms with Crippen molar-refractivity contribution >= 4 is 12.2 Å². The summed E-state index contributed by atoms with van der Waals surface area (Å²) in [5.74, 6) is -3.35. The maximum atomic E-state index is 16.2. The summed E-state index contributed by atoms with van der Waals surface area (Å²) in [6.45, 7) is 6.55. The Morgan fingerprint density at radius 3 is 2.54 bits per heavy atom. The molecule has 0 saturated heterocycles. The molecule has 0 radical (unpaired) electrons. The van der Waals surface area contributed by atoms with Gasteiger partial charge in [-0.3, -0.25) is 14.7 Å². The summed E-state index contributed by atoms with van der Waals surface area (Å²) < 4.78 is 61.1. The number of halogens is 2. The Morgan fingerprint density at radius 1 is 1.06 bits per heavy atom. The van der Waals surface area contributed by atoms with E-state index in [0.717, 1.165) is 24.6 Å². The highest BCUT2D eigenvalue weighted by Crippen LogP contribution is 2.49. The zero-order valence-corrected chi connectivity index (χ0v) is 29.1. The summed E-state index contributed by atoms with van der Waals surface area (Å²) in [6.07, 6.45) is 6.31. The van der Waals surface area contributed by atoms with E-state index in [0.29, 0.717) is 30.7 Å². The minimum absolute atomic E-state index is 0.000799. The minimum Gasteiger partial charge on any atom is -0.485 e. The zero-order chi connectivity index (χ0) is 36.9. The molecule has 3 unspecified atom stereocenters. The van der Waals surface area contributed by atoms with Gasteiger partial charge in [-0.15, -0.1) is 0 Å². The van der Waals surface area contributed by atoms with Crippen LogP contribution in [-0.4, -0.2) is 48.4 Å². The molecule has 1 aliphatic carbocycles. The number of nitrogens with zero attached hydrogens (tertiary/aromatic N) is 4. The van der Waals surface area contributed by atoms with E-state index in [9.17, 15) is 10.1 Å². The van der Waals surface area contributed by atoms with Gasteiger partial charge in [0, 0.05) is 24.4 Å². The smallest absolute Gasteiger partial charge is 0.315 e. The van der Waals surface area contributed by atoms with Crippen molar-refractivity contribution in [1.82, 2.24) is 9.88 Å². The van der Waals surface area contributed by atoms with Gasteiger partial charge in [0.25, 0.3) is 5.88 Å². The molecule has 0 amide bonds. The third-order valence-electron chi connectivity index (χ3n) is 9.60. The summed E-state index contributed by atoms with van der Waals surface area (Å²) in [5, 5.41) is 9.51. The van der Waals surface area contributed by atoms with Gasteiger partial charge in [-0.1, -0.05) is 43.3 Å². The lowest BCUT2D eigenvalue weighted by Gasteiger charge is -2.47. The van der Waals surface area contributed by atoms with E-state index in [1.807, 2.05) is 55.3 Å². The molecule has 2 aliphatic rings. The van der Waals surface area contributed by atoms with E-state index in [1.54, 1.807) is 24.4 Å². The second kappa shape index (κ2) is 15.2. The van der Waals surface area contributed by atoms with Crippen LogP contribution in [0.1, 0.15) is 55.5 Å². The highest BCUT2D eigenvalue weighted by Gasteiger charge is 2.56. The molecule has 3 atom stereocenters. The Hall–Kier alpha value is -5.80. The van der Waals surface area contributed by atoms with Crippen molar-refractivity contribution in [3.05, 3.63) is 114 Å². The van der Waals surface area contributed by atoms with Crippen molar-refractivity contribution in [2.24, 2.45) is 10.4 Å². The van der Waals surface area contributed by atoms with Crippen molar-refractivity contribution in [3.8, 4) is 40.7 Å². The maximum absolute atomic E-state index is 16.2. The third kappa shape index (κ3) is 7.05. The molecule has 3 aromatic carbocycles. The fourth-order valence-corrected chi connectivity index (χ4v) is 6.61. The third-order valence-corrected chi connectivity index (χ3v) is 9.60. The van der Waals surface area contributed by atoms with E-state index in [2.05, 4.69) is 16.6 Å². The normalized spacial score (nSPS) is 21.2. The number of benzene rings is 3. The van der Waals surface area contributed by atoms with Crippen LogP contribution < -0.4 is 18.9 Å². The van der Waals surface area contributed by atoms with Crippen molar-refractivity contribution < 1.29 is 37.3 Å². The number of nitriles is 1. The molecule has 12 heteroatoms. The van der Waals surface area contributed by atoms with Crippen molar-refractivity contribution in [3.63, 3.8) is 0 Å². The van der Waals surface area contributed by atoms with Crippen LogP contribution in [0.4, 0.5) is 8.78 Å². The Morgan fingerprint density at radius 2 is 1.83 bits per heavy atom. The monoisotopic (exact) mass is 708 g/mol. The SMILES string of the molecule is C=CC1(Oc2ccc(Oc3c(F)cnc(Oc4cc(C#N)ccc4OCc4ccccc4)c3F)c(C3N=CCN3C)c2)CCCCC1(C)C(=O)OC. The first-order valence-electron chi connectivity index (χ1n) is 16.8. The molecule has 6 rings (SSSR count). The first-order chi connectivity index (χ1) is 25.1. The molecule has 0 bridgehead atoms. The minimum atomic E-state index is -1.22. The molecular weight excluding hydrogens is 670 g/mol. The van der Waals surface area contributed by atoms with Crippen molar-refractivity contribution in [1.29, 1.82) is 5.26 Å². The molecule has 268 valence electrons. The Balaban J connectivity index is 1.33. The second-order valence-corrected chi connectivity index (χ2v) is 12.9. The van der Waals surface area contributed by atoms with Crippen molar-refractivity contribution in [2.75, 3.05) is 20.7 Å². The van der Waals surface area contributed by atoms with Gasteiger partial charge in [-0.25, -0.2) is 9.37 Å². The number of ether oxygens (including phenoxy) is 5. The zero-order valence-electron chi connectivity index (χ0n) is 29.1. The number of carbonyl (C=O) groups is 1. The second-order valence-electron chi connectivity index (χ2n) is 12.9. The lowest BCUT2D eigenvalue weighted by Crippen LogP contribution is -2.56. The van der Waals surface area contributed by atoms with Gasteiger partial charge in [0.1, 0.15) is 35.3 Å². The summed E-state index contributed by atoms with van der Waals surface area (Å²) >= 11 is 0. The topological polar surface area (TPSA) is 116 Å². The number of hydrogen-bond acceptors (Lipinski definition) is 10. The fraction of sp³-hybridized carbons (Fsp3) is 0.300. The van der Waals surface area contributed by atoms with E-state index in [-0.39, 0.29) is 29.4 Å². The molecule has 52 heavy (non-hydrogen) atoms. The lowest BCUT2D eigenvalue weighted by molar-refractivity contribution is -0.167.